The molecule has 2 rings (SSSR count). The average Bonchev–Trinajstić information content (AvgIpc) is 2.18. The third-order valence-electron chi connectivity index (χ3n) is 1.90. The lowest BCUT2D eigenvalue weighted by molar-refractivity contribution is 0.281. The maximum atomic E-state index is 13.3. The Bertz CT molecular complexity index is 442. The number of benzene rings is 1. The molecule has 1 N–H and O–H groups in total. The first kappa shape index (κ1) is 8.13. The van der Waals surface area contributed by atoms with Crippen LogP contribution < -0.4 is 0 Å². The SMILES string of the molecule is OCc1cc(F)c2ncccc2c1. The fraction of sp³-hybridized carbons (Fsp3) is 0.100. The van der Waals surface area contributed by atoms with Crippen LogP contribution in [0.4, 0.5) is 4.39 Å². The number of hydrogen-bond donors (Lipinski definition) is 1. The molecule has 0 aliphatic rings. The Kier molecular flexibility index (Phi) is 1.94. The number of hydrogen-bond acceptors (Lipinski definition) is 2. The van der Waals surface area contributed by atoms with Crippen molar-refractivity contribution in [3.8, 4) is 0 Å². The molecule has 1 aromatic carbocycles. The molecule has 0 bridgehead atoms. The number of halogens is 1. The summed E-state index contributed by atoms with van der Waals surface area (Å²) in [7, 11) is 0. The van der Waals surface area contributed by atoms with Gasteiger partial charge in [0.15, 0.2) is 0 Å². The van der Waals surface area contributed by atoms with E-state index in [4.69, 9.17) is 5.11 Å². The minimum atomic E-state index is -0.387. The van der Waals surface area contributed by atoms with E-state index >= 15 is 0 Å². The van der Waals surface area contributed by atoms with Crippen LogP contribution in [0.3, 0.4) is 0 Å². The molecule has 0 aliphatic carbocycles. The first-order valence-corrected chi connectivity index (χ1v) is 3.95. The van der Waals surface area contributed by atoms with E-state index in [0.717, 1.165) is 0 Å². The van der Waals surface area contributed by atoms with E-state index in [1.54, 1.807) is 24.4 Å². The lowest BCUT2D eigenvalue weighted by Crippen LogP contribution is -1.89. The van der Waals surface area contributed by atoms with Crippen LogP contribution in [0.2, 0.25) is 0 Å². The van der Waals surface area contributed by atoms with Crippen molar-refractivity contribution in [3.63, 3.8) is 0 Å². The molecule has 2 aromatic rings. The molecule has 1 aromatic heterocycles. The lowest BCUT2D eigenvalue weighted by Gasteiger charge is -2.00. The predicted molar refractivity (Wildman–Crippen MR) is 47.6 cm³/mol. The first-order chi connectivity index (χ1) is 6.31. The van der Waals surface area contributed by atoms with Gasteiger partial charge in [-0.1, -0.05) is 6.07 Å². The summed E-state index contributed by atoms with van der Waals surface area (Å²) < 4.78 is 13.3. The Balaban J connectivity index is 2.77. The van der Waals surface area contributed by atoms with Gasteiger partial charge in [0.1, 0.15) is 11.3 Å². The zero-order chi connectivity index (χ0) is 9.26. The van der Waals surface area contributed by atoms with Crippen LogP contribution in [-0.2, 0) is 6.61 Å². The number of aliphatic hydroxyl groups is 1. The van der Waals surface area contributed by atoms with Crippen molar-refractivity contribution in [2.45, 2.75) is 6.61 Å². The van der Waals surface area contributed by atoms with Crippen molar-refractivity contribution in [2.24, 2.45) is 0 Å². The van der Waals surface area contributed by atoms with E-state index < -0.39 is 0 Å². The molecule has 0 aliphatic heterocycles. The highest BCUT2D eigenvalue weighted by molar-refractivity contribution is 5.79. The van der Waals surface area contributed by atoms with E-state index in [1.807, 2.05) is 0 Å². The molecule has 0 atom stereocenters. The van der Waals surface area contributed by atoms with Gasteiger partial charge in [0.05, 0.1) is 6.61 Å². The molecular weight excluding hydrogens is 169 g/mol. The highest BCUT2D eigenvalue weighted by atomic mass is 19.1. The number of rotatable bonds is 1. The van der Waals surface area contributed by atoms with Gasteiger partial charge in [-0.2, -0.15) is 0 Å². The molecular formula is C10H8FNO. The van der Waals surface area contributed by atoms with E-state index in [1.165, 1.54) is 6.07 Å². The third kappa shape index (κ3) is 1.38. The smallest absolute Gasteiger partial charge is 0.149 e. The molecule has 0 amide bonds. The number of fused-ring (bicyclic) bond motifs is 1. The van der Waals surface area contributed by atoms with Gasteiger partial charge in [0, 0.05) is 11.6 Å². The summed E-state index contributed by atoms with van der Waals surface area (Å²) in [6, 6.07) is 6.54. The minimum Gasteiger partial charge on any atom is -0.392 e. The predicted octanol–water partition coefficient (Wildman–Crippen LogP) is 1.87. The quantitative estimate of drug-likeness (QED) is 0.721. The van der Waals surface area contributed by atoms with Gasteiger partial charge >= 0.3 is 0 Å². The average molecular weight is 177 g/mol. The van der Waals surface area contributed by atoms with Crippen LogP contribution in [0.5, 0.6) is 0 Å². The Morgan fingerprint density at radius 1 is 1.38 bits per heavy atom. The van der Waals surface area contributed by atoms with Gasteiger partial charge in [-0.25, -0.2) is 4.39 Å². The molecule has 0 saturated carbocycles. The highest BCUT2D eigenvalue weighted by Gasteiger charge is 2.02. The normalized spacial score (nSPS) is 10.6. The monoisotopic (exact) mass is 177 g/mol. The standard InChI is InChI=1S/C10H8FNO/c11-9-5-7(6-13)4-8-2-1-3-12-10(8)9/h1-5,13H,6H2. The van der Waals surface area contributed by atoms with Crippen LogP contribution >= 0.6 is 0 Å². The van der Waals surface area contributed by atoms with Gasteiger partial charge in [0.2, 0.25) is 0 Å². The van der Waals surface area contributed by atoms with Crippen molar-refractivity contribution < 1.29 is 9.50 Å². The first-order valence-electron chi connectivity index (χ1n) is 3.95. The summed E-state index contributed by atoms with van der Waals surface area (Å²) in [5, 5.41) is 9.55. The highest BCUT2D eigenvalue weighted by Crippen LogP contribution is 2.17. The number of nitrogens with zero attached hydrogens (tertiary/aromatic N) is 1. The summed E-state index contributed by atoms with van der Waals surface area (Å²) >= 11 is 0. The van der Waals surface area contributed by atoms with Crippen LogP contribution in [0.25, 0.3) is 10.9 Å². The van der Waals surface area contributed by atoms with Gasteiger partial charge in [-0.3, -0.25) is 4.98 Å². The molecule has 0 spiro atoms. The second-order valence-electron chi connectivity index (χ2n) is 2.81. The molecule has 13 heavy (non-hydrogen) atoms. The molecule has 0 radical (unpaired) electrons. The third-order valence-corrected chi connectivity index (χ3v) is 1.90. The van der Waals surface area contributed by atoms with E-state index in [0.29, 0.717) is 16.5 Å². The number of aliphatic hydroxyl groups excluding tert-OH is 1. The van der Waals surface area contributed by atoms with Crippen molar-refractivity contribution in [2.75, 3.05) is 0 Å². The zero-order valence-corrected chi connectivity index (χ0v) is 6.87. The maximum absolute atomic E-state index is 13.3. The summed E-state index contributed by atoms with van der Waals surface area (Å²) in [4.78, 5) is 3.90. The second kappa shape index (κ2) is 3.11. The van der Waals surface area contributed by atoms with E-state index in [9.17, 15) is 4.39 Å². The van der Waals surface area contributed by atoms with Gasteiger partial charge < -0.3 is 5.11 Å². The summed E-state index contributed by atoms with van der Waals surface area (Å²) in [6.45, 7) is -0.151. The fourth-order valence-electron chi connectivity index (χ4n) is 1.30. The second-order valence-corrected chi connectivity index (χ2v) is 2.81. The topological polar surface area (TPSA) is 33.1 Å². The van der Waals surface area contributed by atoms with Crippen LogP contribution in [0.1, 0.15) is 5.56 Å². The van der Waals surface area contributed by atoms with Gasteiger partial charge in [-0.15, -0.1) is 0 Å². The zero-order valence-electron chi connectivity index (χ0n) is 6.87. The lowest BCUT2D eigenvalue weighted by atomic mass is 10.1. The molecule has 0 saturated heterocycles. The summed E-state index contributed by atoms with van der Waals surface area (Å²) in [5.74, 6) is -0.387. The Labute approximate surface area is 74.7 Å². The van der Waals surface area contributed by atoms with Crippen molar-refractivity contribution in [1.82, 2.24) is 4.98 Å². The maximum Gasteiger partial charge on any atom is 0.149 e. The molecule has 0 unspecified atom stereocenters. The summed E-state index contributed by atoms with van der Waals surface area (Å²) in [6.07, 6.45) is 1.55. The van der Waals surface area contributed by atoms with Crippen molar-refractivity contribution >= 4 is 10.9 Å². The summed E-state index contributed by atoms with van der Waals surface area (Å²) in [5.41, 5.74) is 0.915. The van der Waals surface area contributed by atoms with Crippen LogP contribution in [0, 0.1) is 5.82 Å². The molecule has 3 heteroatoms. The number of aromatic nitrogens is 1. The molecule has 2 nitrogen and oxygen atoms in total. The fourth-order valence-corrected chi connectivity index (χ4v) is 1.30. The van der Waals surface area contributed by atoms with Gasteiger partial charge in [0.25, 0.3) is 0 Å². The van der Waals surface area contributed by atoms with E-state index in [2.05, 4.69) is 4.98 Å². The minimum absolute atomic E-state index is 0.151. The van der Waals surface area contributed by atoms with Crippen molar-refractivity contribution in [1.29, 1.82) is 0 Å². The Morgan fingerprint density at radius 3 is 3.00 bits per heavy atom. The molecule has 1 heterocycles. The molecule has 66 valence electrons. The Morgan fingerprint density at radius 2 is 2.23 bits per heavy atom. The van der Waals surface area contributed by atoms with Crippen LogP contribution in [-0.4, -0.2) is 10.1 Å². The van der Waals surface area contributed by atoms with Crippen LogP contribution in [0.15, 0.2) is 30.5 Å². The largest absolute Gasteiger partial charge is 0.392 e. The Hall–Kier alpha value is -1.48. The van der Waals surface area contributed by atoms with Gasteiger partial charge in [-0.05, 0) is 23.8 Å². The van der Waals surface area contributed by atoms with Crippen molar-refractivity contribution in [3.05, 3.63) is 41.8 Å². The molecule has 0 fully saturated rings. The van der Waals surface area contributed by atoms with E-state index in [-0.39, 0.29) is 12.4 Å². The number of pyridine rings is 1.